The summed E-state index contributed by atoms with van der Waals surface area (Å²) < 4.78 is 51.6. The van der Waals surface area contributed by atoms with Crippen molar-refractivity contribution in [1.82, 2.24) is 0 Å². The predicted molar refractivity (Wildman–Crippen MR) is 46.2 cm³/mol. The van der Waals surface area contributed by atoms with Crippen LogP contribution in [0.3, 0.4) is 0 Å². The van der Waals surface area contributed by atoms with Crippen LogP contribution in [0.2, 0.25) is 0 Å². The fourth-order valence-corrected chi connectivity index (χ4v) is 2.24. The molecule has 0 saturated heterocycles. The minimum Gasteiger partial charge on any atom is -0.324 e. The molecular formula is C7H14F3O3P. The molecule has 0 rings (SSSR count). The van der Waals surface area contributed by atoms with Crippen molar-refractivity contribution in [3.8, 4) is 0 Å². The maximum Gasteiger partial charge on any atom is 0.415 e. The maximum absolute atomic E-state index is 12.1. The van der Waals surface area contributed by atoms with Crippen LogP contribution in [0.25, 0.3) is 0 Å². The fraction of sp³-hybridized carbons (Fsp3) is 1.00. The zero-order chi connectivity index (χ0) is 11.4. The van der Waals surface area contributed by atoms with Gasteiger partial charge in [0.15, 0.2) is 6.10 Å². The lowest BCUT2D eigenvalue weighted by Gasteiger charge is -2.21. The first-order valence-electron chi connectivity index (χ1n) is 4.30. The molecule has 0 bridgehead atoms. The van der Waals surface area contributed by atoms with Crippen LogP contribution in [0.1, 0.15) is 26.7 Å². The van der Waals surface area contributed by atoms with E-state index in [1.807, 2.05) is 0 Å². The highest BCUT2D eigenvalue weighted by Crippen LogP contribution is 2.47. The molecule has 0 radical (unpaired) electrons. The molecule has 2 unspecified atom stereocenters. The zero-order valence-corrected chi connectivity index (χ0v) is 8.94. The molecule has 0 aliphatic heterocycles. The first-order chi connectivity index (χ1) is 6.23. The van der Waals surface area contributed by atoms with Crippen LogP contribution < -0.4 is 0 Å². The van der Waals surface area contributed by atoms with Gasteiger partial charge in [-0.3, -0.25) is 9.09 Å². The second-order valence-electron chi connectivity index (χ2n) is 2.90. The van der Waals surface area contributed by atoms with Crippen molar-refractivity contribution in [3.05, 3.63) is 0 Å². The Hall–Kier alpha value is -0.0600. The molecule has 0 aliphatic rings. The Morgan fingerprint density at radius 1 is 1.43 bits per heavy atom. The molecule has 0 aromatic heterocycles. The van der Waals surface area contributed by atoms with E-state index in [-0.39, 0.29) is 12.6 Å². The third kappa shape index (κ3) is 4.98. The molecule has 0 heterocycles. The van der Waals surface area contributed by atoms with Crippen LogP contribution in [0.4, 0.5) is 13.2 Å². The lowest BCUT2D eigenvalue weighted by atomic mass is 10.3. The SMILES string of the molecule is CCCP(=O)(O)OC(CC)C(F)(F)F. The maximum atomic E-state index is 12.1. The molecule has 0 spiro atoms. The van der Waals surface area contributed by atoms with E-state index in [4.69, 9.17) is 4.89 Å². The van der Waals surface area contributed by atoms with Gasteiger partial charge in [0.1, 0.15) is 0 Å². The van der Waals surface area contributed by atoms with Gasteiger partial charge in [-0.15, -0.1) is 0 Å². The van der Waals surface area contributed by atoms with E-state index >= 15 is 0 Å². The molecule has 3 nitrogen and oxygen atoms in total. The quantitative estimate of drug-likeness (QED) is 0.744. The van der Waals surface area contributed by atoms with E-state index < -0.39 is 19.9 Å². The van der Waals surface area contributed by atoms with Gasteiger partial charge in [-0.2, -0.15) is 13.2 Å². The summed E-state index contributed by atoms with van der Waals surface area (Å²) in [4.78, 5) is 9.01. The van der Waals surface area contributed by atoms with Gasteiger partial charge >= 0.3 is 13.8 Å². The molecule has 7 heteroatoms. The Morgan fingerprint density at radius 2 is 1.93 bits per heavy atom. The molecule has 0 amide bonds. The van der Waals surface area contributed by atoms with Crippen LogP contribution >= 0.6 is 7.60 Å². The summed E-state index contributed by atoms with van der Waals surface area (Å²) in [6.45, 7) is 2.85. The monoisotopic (exact) mass is 234 g/mol. The van der Waals surface area contributed by atoms with Crippen LogP contribution in [0.15, 0.2) is 0 Å². The number of hydrogen-bond acceptors (Lipinski definition) is 2. The Bertz CT molecular complexity index is 217. The third-order valence-electron chi connectivity index (χ3n) is 1.53. The third-order valence-corrected chi connectivity index (χ3v) is 3.13. The van der Waals surface area contributed by atoms with Gasteiger partial charge in [0.25, 0.3) is 0 Å². The van der Waals surface area contributed by atoms with Crippen molar-refractivity contribution in [2.24, 2.45) is 0 Å². The lowest BCUT2D eigenvalue weighted by molar-refractivity contribution is -0.197. The summed E-state index contributed by atoms with van der Waals surface area (Å²) >= 11 is 0. The lowest BCUT2D eigenvalue weighted by Crippen LogP contribution is -2.30. The Balaban J connectivity index is 4.39. The first kappa shape index (κ1) is 13.9. The molecule has 0 aliphatic carbocycles. The van der Waals surface area contributed by atoms with E-state index in [9.17, 15) is 17.7 Å². The van der Waals surface area contributed by atoms with Crippen molar-refractivity contribution in [2.45, 2.75) is 39.0 Å². The summed E-state index contributed by atoms with van der Waals surface area (Å²) in [7, 11) is -4.08. The Morgan fingerprint density at radius 3 is 2.21 bits per heavy atom. The number of halogens is 3. The van der Waals surface area contributed by atoms with E-state index in [0.717, 1.165) is 0 Å². The van der Waals surface area contributed by atoms with Crippen LogP contribution in [-0.4, -0.2) is 23.3 Å². The van der Waals surface area contributed by atoms with E-state index in [2.05, 4.69) is 4.52 Å². The Kier molecular flexibility index (Phi) is 5.12. The molecule has 2 atom stereocenters. The standard InChI is InChI=1S/C7H14F3O3P/c1-3-5-14(11,12)13-6(4-2)7(8,9)10/h6H,3-5H2,1-2H3,(H,11,12). The van der Waals surface area contributed by atoms with Crippen LogP contribution in [0, 0.1) is 0 Å². The smallest absolute Gasteiger partial charge is 0.324 e. The molecule has 0 fully saturated rings. The van der Waals surface area contributed by atoms with Gasteiger partial charge in [0.2, 0.25) is 0 Å². The van der Waals surface area contributed by atoms with Gasteiger partial charge in [-0.1, -0.05) is 13.8 Å². The van der Waals surface area contributed by atoms with Gasteiger partial charge in [0, 0.05) is 6.16 Å². The first-order valence-corrected chi connectivity index (χ1v) is 6.06. The van der Waals surface area contributed by atoms with Crippen LogP contribution in [0.5, 0.6) is 0 Å². The normalized spacial score (nSPS) is 19.0. The number of hydrogen-bond donors (Lipinski definition) is 1. The van der Waals surface area contributed by atoms with E-state index in [0.29, 0.717) is 6.42 Å². The summed E-state index contributed by atoms with van der Waals surface area (Å²) in [5.74, 6) is 0. The van der Waals surface area contributed by atoms with Gasteiger partial charge in [0.05, 0.1) is 0 Å². The van der Waals surface area contributed by atoms with Crippen molar-refractivity contribution < 1.29 is 27.2 Å². The highest BCUT2D eigenvalue weighted by Gasteiger charge is 2.42. The molecule has 0 aromatic rings. The number of alkyl halides is 3. The average Bonchev–Trinajstić information content (AvgIpc) is 1.98. The fourth-order valence-electron chi connectivity index (χ4n) is 0.900. The molecule has 86 valence electrons. The van der Waals surface area contributed by atoms with E-state index in [1.54, 1.807) is 6.92 Å². The van der Waals surface area contributed by atoms with Crippen LogP contribution in [-0.2, 0) is 9.09 Å². The summed E-state index contributed by atoms with van der Waals surface area (Å²) in [6.07, 6.45) is -7.04. The summed E-state index contributed by atoms with van der Waals surface area (Å²) in [5.41, 5.74) is 0. The highest BCUT2D eigenvalue weighted by atomic mass is 31.2. The molecule has 1 N–H and O–H groups in total. The average molecular weight is 234 g/mol. The molecular weight excluding hydrogens is 220 g/mol. The highest BCUT2D eigenvalue weighted by molar-refractivity contribution is 7.52. The van der Waals surface area contributed by atoms with Crippen molar-refractivity contribution >= 4 is 7.60 Å². The van der Waals surface area contributed by atoms with Crippen molar-refractivity contribution in [1.29, 1.82) is 0 Å². The Labute approximate surface area is 80.8 Å². The summed E-state index contributed by atoms with van der Waals surface area (Å²) in [6, 6.07) is 0. The zero-order valence-electron chi connectivity index (χ0n) is 8.04. The van der Waals surface area contributed by atoms with Gasteiger partial charge in [-0.05, 0) is 12.8 Å². The second-order valence-corrected chi connectivity index (χ2v) is 4.84. The second kappa shape index (κ2) is 5.14. The van der Waals surface area contributed by atoms with Gasteiger partial charge in [-0.25, -0.2) is 0 Å². The largest absolute Gasteiger partial charge is 0.415 e. The number of rotatable bonds is 5. The van der Waals surface area contributed by atoms with Gasteiger partial charge < -0.3 is 4.89 Å². The predicted octanol–water partition coefficient (Wildman–Crippen LogP) is 2.94. The molecule has 0 saturated carbocycles. The summed E-state index contributed by atoms with van der Waals surface area (Å²) in [5, 5.41) is 0. The topological polar surface area (TPSA) is 46.5 Å². The van der Waals surface area contributed by atoms with Crippen molar-refractivity contribution in [2.75, 3.05) is 6.16 Å². The van der Waals surface area contributed by atoms with E-state index in [1.165, 1.54) is 6.92 Å². The minimum atomic E-state index is -4.58. The van der Waals surface area contributed by atoms with Crippen molar-refractivity contribution in [3.63, 3.8) is 0 Å². The molecule has 0 aromatic carbocycles. The minimum absolute atomic E-state index is 0.250. The molecule has 14 heavy (non-hydrogen) atoms.